The molecule has 0 bridgehead atoms. The molecule has 0 aliphatic heterocycles. The molecule has 0 spiro atoms. The number of benzene rings is 1. The molecule has 5 heteroatoms. The van der Waals surface area contributed by atoms with Gasteiger partial charge in [0.15, 0.2) is 6.29 Å². The first-order valence-electron chi connectivity index (χ1n) is 7.47. The minimum absolute atomic E-state index is 0.0109. The van der Waals surface area contributed by atoms with Crippen LogP contribution in [0.2, 0.25) is 0 Å². The summed E-state index contributed by atoms with van der Waals surface area (Å²) in [6, 6.07) is 3.84. The SMILES string of the molecule is COCc1cc(OC)c(C(OC(C)C)OC(C)C)c(OC)c1. The third-order valence-electron chi connectivity index (χ3n) is 2.94. The highest BCUT2D eigenvalue weighted by Crippen LogP contribution is 2.39. The van der Waals surface area contributed by atoms with Crippen molar-refractivity contribution in [3.05, 3.63) is 23.3 Å². The lowest BCUT2D eigenvalue weighted by molar-refractivity contribution is -0.186. The molecule has 1 aromatic carbocycles. The third kappa shape index (κ3) is 5.16. The first kappa shape index (κ1) is 18.7. The Labute approximate surface area is 133 Å². The number of hydrogen-bond donors (Lipinski definition) is 0. The molecule has 0 N–H and O–H groups in total. The molecule has 0 unspecified atom stereocenters. The summed E-state index contributed by atoms with van der Waals surface area (Å²) >= 11 is 0. The molecule has 0 aliphatic rings. The molecule has 0 amide bonds. The van der Waals surface area contributed by atoms with Gasteiger partial charge in [-0.25, -0.2) is 0 Å². The number of ether oxygens (including phenoxy) is 5. The Balaban J connectivity index is 3.31. The van der Waals surface area contributed by atoms with Crippen molar-refractivity contribution >= 4 is 0 Å². The van der Waals surface area contributed by atoms with Crippen LogP contribution in [0.5, 0.6) is 11.5 Å². The second kappa shape index (κ2) is 8.98. The topological polar surface area (TPSA) is 46.2 Å². The van der Waals surface area contributed by atoms with Crippen molar-refractivity contribution in [3.63, 3.8) is 0 Å². The monoisotopic (exact) mass is 312 g/mol. The maximum Gasteiger partial charge on any atom is 0.191 e. The highest BCUT2D eigenvalue weighted by atomic mass is 16.7. The molecule has 0 radical (unpaired) electrons. The van der Waals surface area contributed by atoms with Crippen LogP contribution in [0, 0.1) is 0 Å². The lowest BCUT2D eigenvalue weighted by Gasteiger charge is -2.26. The van der Waals surface area contributed by atoms with E-state index in [9.17, 15) is 0 Å². The van der Waals surface area contributed by atoms with Crippen molar-refractivity contribution < 1.29 is 23.7 Å². The Bertz CT molecular complexity index is 421. The summed E-state index contributed by atoms with van der Waals surface area (Å²) < 4.78 is 28.1. The molecule has 0 saturated heterocycles. The normalized spacial score (nSPS) is 11.5. The zero-order valence-electron chi connectivity index (χ0n) is 14.6. The Morgan fingerprint density at radius 1 is 0.818 bits per heavy atom. The molecule has 0 atom stereocenters. The van der Waals surface area contributed by atoms with Gasteiger partial charge in [-0.05, 0) is 45.4 Å². The molecular formula is C17H28O5. The predicted molar refractivity (Wildman–Crippen MR) is 85.4 cm³/mol. The van der Waals surface area contributed by atoms with Crippen molar-refractivity contribution in [1.82, 2.24) is 0 Å². The number of methoxy groups -OCH3 is 3. The van der Waals surface area contributed by atoms with Gasteiger partial charge in [0, 0.05) is 7.11 Å². The Morgan fingerprint density at radius 2 is 1.27 bits per heavy atom. The van der Waals surface area contributed by atoms with E-state index in [1.807, 2.05) is 39.8 Å². The largest absolute Gasteiger partial charge is 0.496 e. The number of hydrogen-bond acceptors (Lipinski definition) is 5. The van der Waals surface area contributed by atoms with Crippen LogP contribution in [0.15, 0.2) is 12.1 Å². The summed E-state index contributed by atoms with van der Waals surface area (Å²) in [5.74, 6) is 1.33. The predicted octanol–water partition coefficient (Wildman–Crippen LogP) is 3.70. The van der Waals surface area contributed by atoms with Gasteiger partial charge in [-0.2, -0.15) is 0 Å². The summed E-state index contributed by atoms with van der Waals surface area (Å²) in [4.78, 5) is 0. The second-order valence-electron chi connectivity index (χ2n) is 5.55. The van der Waals surface area contributed by atoms with E-state index in [1.165, 1.54) is 0 Å². The van der Waals surface area contributed by atoms with Crippen LogP contribution in [-0.2, 0) is 20.8 Å². The van der Waals surface area contributed by atoms with Crippen molar-refractivity contribution in [2.75, 3.05) is 21.3 Å². The third-order valence-corrected chi connectivity index (χ3v) is 2.94. The fraction of sp³-hybridized carbons (Fsp3) is 0.647. The van der Waals surface area contributed by atoms with Crippen LogP contribution in [0.3, 0.4) is 0 Å². The van der Waals surface area contributed by atoms with Crippen molar-refractivity contribution in [2.45, 2.75) is 52.8 Å². The average molecular weight is 312 g/mol. The van der Waals surface area contributed by atoms with Crippen molar-refractivity contribution in [3.8, 4) is 11.5 Å². The van der Waals surface area contributed by atoms with E-state index < -0.39 is 6.29 Å². The molecule has 1 aromatic rings. The second-order valence-corrected chi connectivity index (χ2v) is 5.55. The van der Waals surface area contributed by atoms with Gasteiger partial charge < -0.3 is 23.7 Å². The van der Waals surface area contributed by atoms with E-state index >= 15 is 0 Å². The molecule has 126 valence electrons. The van der Waals surface area contributed by atoms with E-state index in [0.717, 1.165) is 11.1 Å². The minimum Gasteiger partial charge on any atom is -0.496 e. The molecule has 0 saturated carbocycles. The zero-order valence-corrected chi connectivity index (χ0v) is 14.6. The first-order chi connectivity index (χ1) is 10.4. The quantitative estimate of drug-likeness (QED) is 0.651. The van der Waals surface area contributed by atoms with Crippen LogP contribution in [0.4, 0.5) is 0 Å². The summed E-state index contributed by atoms with van der Waals surface area (Å²) in [7, 11) is 4.90. The molecule has 22 heavy (non-hydrogen) atoms. The highest BCUT2D eigenvalue weighted by Gasteiger charge is 2.25. The molecule has 0 aromatic heterocycles. The van der Waals surface area contributed by atoms with E-state index in [0.29, 0.717) is 18.1 Å². The van der Waals surface area contributed by atoms with E-state index in [1.54, 1.807) is 21.3 Å². The van der Waals surface area contributed by atoms with E-state index in [-0.39, 0.29) is 12.2 Å². The van der Waals surface area contributed by atoms with Gasteiger partial charge in [0.1, 0.15) is 11.5 Å². The number of rotatable bonds is 9. The van der Waals surface area contributed by atoms with Crippen LogP contribution in [-0.4, -0.2) is 33.5 Å². The summed E-state index contributed by atoms with van der Waals surface area (Å²) in [6.07, 6.45) is -0.532. The molecule has 0 heterocycles. The molecule has 5 nitrogen and oxygen atoms in total. The fourth-order valence-corrected chi connectivity index (χ4v) is 2.14. The molecule has 0 aliphatic carbocycles. The van der Waals surface area contributed by atoms with Crippen LogP contribution in [0.1, 0.15) is 45.1 Å². The zero-order chi connectivity index (χ0) is 16.7. The van der Waals surface area contributed by atoms with Gasteiger partial charge in [0.25, 0.3) is 0 Å². The van der Waals surface area contributed by atoms with Gasteiger partial charge in [-0.15, -0.1) is 0 Å². The summed E-state index contributed by atoms with van der Waals surface area (Å²) in [5, 5.41) is 0. The van der Waals surface area contributed by atoms with Crippen LogP contribution >= 0.6 is 0 Å². The lowest BCUT2D eigenvalue weighted by Crippen LogP contribution is -2.19. The fourth-order valence-electron chi connectivity index (χ4n) is 2.14. The first-order valence-corrected chi connectivity index (χ1v) is 7.47. The Morgan fingerprint density at radius 3 is 1.59 bits per heavy atom. The Kier molecular flexibility index (Phi) is 7.65. The standard InChI is InChI=1S/C17H28O5/c1-11(2)21-17(22-12(3)4)16-14(19-6)8-13(10-18-5)9-15(16)20-7/h8-9,11-12,17H,10H2,1-7H3. The highest BCUT2D eigenvalue weighted by molar-refractivity contribution is 5.49. The van der Waals surface area contributed by atoms with Crippen molar-refractivity contribution in [1.29, 1.82) is 0 Å². The maximum atomic E-state index is 5.92. The summed E-state index contributed by atoms with van der Waals surface area (Å²) in [6.45, 7) is 8.35. The lowest BCUT2D eigenvalue weighted by atomic mass is 10.1. The minimum atomic E-state index is -0.554. The Hall–Kier alpha value is -1.30. The van der Waals surface area contributed by atoms with Gasteiger partial charge in [-0.3, -0.25) is 0 Å². The van der Waals surface area contributed by atoms with Crippen LogP contribution < -0.4 is 9.47 Å². The average Bonchev–Trinajstić information content (AvgIpc) is 2.44. The summed E-state index contributed by atoms with van der Waals surface area (Å²) in [5.41, 5.74) is 1.72. The van der Waals surface area contributed by atoms with Crippen LogP contribution in [0.25, 0.3) is 0 Å². The molecular weight excluding hydrogens is 284 g/mol. The molecule has 1 rings (SSSR count). The maximum absolute atomic E-state index is 5.92. The smallest absolute Gasteiger partial charge is 0.191 e. The van der Waals surface area contributed by atoms with E-state index in [2.05, 4.69) is 0 Å². The van der Waals surface area contributed by atoms with Gasteiger partial charge in [0.2, 0.25) is 0 Å². The van der Waals surface area contributed by atoms with E-state index in [4.69, 9.17) is 23.7 Å². The molecule has 0 fully saturated rings. The van der Waals surface area contributed by atoms with Gasteiger partial charge >= 0.3 is 0 Å². The van der Waals surface area contributed by atoms with Gasteiger partial charge in [0.05, 0.1) is 38.6 Å². The van der Waals surface area contributed by atoms with Gasteiger partial charge in [-0.1, -0.05) is 0 Å². The van der Waals surface area contributed by atoms with Crippen molar-refractivity contribution in [2.24, 2.45) is 0 Å².